The van der Waals surface area contributed by atoms with Gasteiger partial charge in [-0.2, -0.15) is 0 Å². The number of unbranched alkanes of at least 4 members (excludes halogenated alkanes) is 3. The molecule has 1 unspecified atom stereocenters. The molecule has 0 aromatic heterocycles. The number of methoxy groups -OCH3 is 1. The Balaban J connectivity index is 2.79. The Morgan fingerprint density at radius 3 is 2.68 bits per heavy atom. The lowest BCUT2D eigenvalue weighted by Gasteiger charge is -2.16. The van der Waals surface area contributed by atoms with Gasteiger partial charge in [-0.3, -0.25) is 4.79 Å². The van der Waals surface area contributed by atoms with Crippen molar-refractivity contribution in [3.8, 4) is 11.5 Å². The summed E-state index contributed by atoms with van der Waals surface area (Å²) in [5, 5.41) is 8.83. The van der Waals surface area contributed by atoms with Crippen LogP contribution in [0.4, 0.5) is 0 Å². The molecule has 3 N–H and O–H groups in total. The van der Waals surface area contributed by atoms with E-state index in [9.17, 15) is 4.79 Å². The van der Waals surface area contributed by atoms with E-state index in [2.05, 4.69) is 22.9 Å². The van der Waals surface area contributed by atoms with Crippen molar-refractivity contribution < 1.29 is 19.4 Å². The van der Waals surface area contributed by atoms with Crippen LogP contribution in [0.25, 0.3) is 0 Å². The maximum atomic E-state index is 10.8. The van der Waals surface area contributed by atoms with E-state index in [4.69, 9.17) is 20.3 Å². The lowest BCUT2D eigenvalue weighted by Crippen LogP contribution is -2.15. The fourth-order valence-corrected chi connectivity index (χ4v) is 2.68. The Kier molecular flexibility index (Phi) is 8.27. The van der Waals surface area contributed by atoms with Gasteiger partial charge in [0.25, 0.3) is 0 Å². The van der Waals surface area contributed by atoms with Crippen molar-refractivity contribution in [2.75, 3.05) is 13.7 Å². The smallest absolute Gasteiger partial charge is 0.305 e. The second-order valence-electron chi connectivity index (χ2n) is 5.15. The Bertz CT molecular complexity index is 493. The molecule has 22 heavy (non-hydrogen) atoms. The zero-order valence-electron chi connectivity index (χ0n) is 13.1. The summed E-state index contributed by atoms with van der Waals surface area (Å²) in [6, 6.07) is 2.94. The first-order valence-electron chi connectivity index (χ1n) is 7.47. The third-order valence-electron chi connectivity index (χ3n) is 3.32. The maximum Gasteiger partial charge on any atom is 0.305 e. The molecular formula is C16H24BrNO4. The van der Waals surface area contributed by atoms with Gasteiger partial charge in [0, 0.05) is 6.04 Å². The highest BCUT2D eigenvalue weighted by Gasteiger charge is 2.17. The minimum atomic E-state index is -0.932. The summed E-state index contributed by atoms with van der Waals surface area (Å²) in [4.78, 5) is 10.8. The predicted molar refractivity (Wildman–Crippen MR) is 89.5 cm³/mol. The minimum Gasteiger partial charge on any atom is -0.493 e. The fraction of sp³-hybridized carbons (Fsp3) is 0.562. The SMILES string of the molecule is CCCCCCOc1c(Br)cc(C(N)CC(=O)O)cc1OC. The van der Waals surface area contributed by atoms with Crippen LogP contribution >= 0.6 is 15.9 Å². The molecule has 0 fully saturated rings. The molecule has 0 amide bonds. The third-order valence-corrected chi connectivity index (χ3v) is 3.91. The van der Waals surface area contributed by atoms with Crippen molar-refractivity contribution in [2.45, 2.75) is 45.1 Å². The van der Waals surface area contributed by atoms with Crippen LogP contribution < -0.4 is 15.2 Å². The predicted octanol–water partition coefficient (Wildman–Crippen LogP) is 3.89. The summed E-state index contributed by atoms with van der Waals surface area (Å²) in [5.74, 6) is 0.254. The number of halogens is 1. The van der Waals surface area contributed by atoms with Crippen LogP contribution in [0.15, 0.2) is 16.6 Å². The zero-order chi connectivity index (χ0) is 16.5. The van der Waals surface area contributed by atoms with Crippen LogP contribution in [0.2, 0.25) is 0 Å². The quantitative estimate of drug-likeness (QED) is 0.607. The summed E-state index contributed by atoms with van der Waals surface area (Å²) in [7, 11) is 1.55. The first-order chi connectivity index (χ1) is 10.5. The number of carboxylic acids is 1. The van der Waals surface area contributed by atoms with E-state index < -0.39 is 12.0 Å². The number of benzene rings is 1. The van der Waals surface area contributed by atoms with Gasteiger partial charge < -0.3 is 20.3 Å². The Morgan fingerprint density at radius 1 is 1.36 bits per heavy atom. The first-order valence-corrected chi connectivity index (χ1v) is 8.26. The molecule has 5 nitrogen and oxygen atoms in total. The van der Waals surface area contributed by atoms with Gasteiger partial charge in [-0.1, -0.05) is 26.2 Å². The van der Waals surface area contributed by atoms with Crippen LogP contribution in [-0.2, 0) is 4.79 Å². The number of hydrogen-bond acceptors (Lipinski definition) is 4. The summed E-state index contributed by atoms with van der Waals surface area (Å²) in [6.45, 7) is 2.79. The second-order valence-corrected chi connectivity index (χ2v) is 6.00. The van der Waals surface area contributed by atoms with Crippen molar-refractivity contribution in [3.63, 3.8) is 0 Å². The Hall–Kier alpha value is -1.27. The molecule has 1 aromatic rings. The normalized spacial score (nSPS) is 12.0. The largest absolute Gasteiger partial charge is 0.493 e. The van der Waals surface area contributed by atoms with E-state index in [0.29, 0.717) is 23.7 Å². The van der Waals surface area contributed by atoms with Crippen molar-refractivity contribution in [1.29, 1.82) is 0 Å². The average molecular weight is 374 g/mol. The van der Waals surface area contributed by atoms with Crippen LogP contribution in [0.3, 0.4) is 0 Å². The molecule has 6 heteroatoms. The number of ether oxygens (including phenoxy) is 2. The highest BCUT2D eigenvalue weighted by molar-refractivity contribution is 9.10. The van der Waals surface area contributed by atoms with Gasteiger partial charge in [0.2, 0.25) is 0 Å². The number of carbonyl (C=O) groups is 1. The van der Waals surface area contributed by atoms with Gasteiger partial charge in [-0.25, -0.2) is 0 Å². The van der Waals surface area contributed by atoms with Crippen LogP contribution in [0, 0.1) is 0 Å². The zero-order valence-corrected chi connectivity index (χ0v) is 14.7. The van der Waals surface area contributed by atoms with Crippen molar-refractivity contribution >= 4 is 21.9 Å². The molecule has 0 saturated carbocycles. The molecule has 1 rings (SSSR count). The molecule has 1 aromatic carbocycles. The number of rotatable bonds is 10. The maximum absolute atomic E-state index is 10.8. The van der Waals surface area contributed by atoms with Gasteiger partial charge in [0.05, 0.1) is 24.6 Å². The summed E-state index contributed by atoms with van der Waals surface area (Å²) in [5.41, 5.74) is 6.59. The second kappa shape index (κ2) is 9.69. The van der Waals surface area contributed by atoms with Gasteiger partial charge in [-0.15, -0.1) is 0 Å². The molecule has 0 aliphatic rings. The first kappa shape index (κ1) is 18.8. The molecular weight excluding hydrogens is 350 g/mol. The van der Waals surface area contributed by atoms with Crippen LogP contribution in [0.5, 0.6) is 11.5 Å². The summed E-state index contributed by atoms with van der Waals surface area (Å²) < 4.78 is 11.9. The molecule has 0 heterocycles. The molecule has 1 atom stereocenters. The van der Waals surface area contributed by atoms with Crippen molar-refractivity contribution in [3.05, 3.63) is 22.2 Å². The Labute approximate surface area is 139 Å². The molecule has 0 aliphatic heterocycles. The van der Waals surface area contributed by atoms with Crippen LogP contribution in [-0.4, -0.2) is 24.8 Å². The van der Waals surface area contributed by atoms with E-state index in [1.807, 2.05) is 0 Å². The van der Waals surface area contributed by atoms with Crippen LogP contribution in [0.1, 0.15) is 50.6 Å². The van der Waals surface area contributed by atoms with E-state index in [0.717, 1.165) is 17.3 Å². The van der Waals surface area contributed by atoms with Gasteiger partial charge in [0.1, 0.15) is 0 Å². The van der Waals surface area contributed by atoms with Gasteiger partial charge in [-0.05, 0) is 40.0 Å². The highest BCUT2D eigenvalue weighted by Crippen LogP contribution is 2.38. The lowest BCUT2D eigenvalue weighted by atomic mass is 10.0. The monoisotopic (exact) mass is 373 g/mol. The molecule has 0 radical (unpaired) electrons. The molecule has 0 aliphatic carbocycles. The van der Waals surface area contributed by atoms with E-state index in [1.54, 1.807) is 19.2 Å². The standard InChI is InChI=1S/C16H24BrNO4/c1-3-4-5-6-7-22-16-12(17)8-11(9-14(16)21-2)13(18)10-15(19)20/h8-9,13H,3-7,10,18H2,1-2H3,(H,19,20). The number of hydrogen-bond donors (Lipinski definition) is 2. The fourth-order valence-electron chi connectivity index (χ4n) is 2.10. The molecule has 0 bridgehead atoms. The van der Waals surface area contributed by atoms with Gasteiger partial charge >= 0.3 is 5.97 Å². The lowest BCUT2D eigenvalue weighted by molar-refractivity contribution is -0.137. The topological polar surface area (TPSA) is 81.8 Å². The highest BCUT2D eigenvalue weighted by atomic mass is 79.9. The molecule has 0 spiro atoms. The number of aliphatic carboxylic acids is 1. The number of carboxylic acid groups (broad SMARTS) is 1. The minimum absolute atomic E-state index is 0.132. The van der Waals surface area contributed by atoms with Gasteiger partial charge in [0.15, 0.2) is 11.5 Å². The van der Waals surface area contributed by atoms with E-state index >= 15 is 0 Å². The Morgan fingerprint density at radius 2 is 2.09 bits per heavy atom. The van der Waals surface area contributed by atoms with Crippen molar-refractivity contribution in [1.82, 2.24) is 0 Å². The average Bonchev–Trinajstić information content (AvgIpc) is 2.47. The van der Waals surface area contributed by atoms with Crippen molar-refractivity contribution in [2.24, 2.45) is 5.73 Å². The molecule has 0 saturated heterocycles. The summed E-state index contributed by atoms with van der Waals surface area (Å²) >= 11 is 3.45. The number of nitrogens with two attached hydrogens (primary N) is 1. The van der Waals surface area contributed by atoms with E-state index in [1.165, 1.54) is 12.8 Å². The van der Waals surface area contributed by atoms with E-state index in [-0.39, 0.29) is 6.42 Å². The third kappa shape index (κ3) is 5.85. The molecule has 124 valence electrons. The summed E-state index contributed by atoms with van der Waals surface area (Å²) in [6.07, 6.45) is 4.38.